The van der Waals surface area contributed by atoms with Crippen molar-refractivity contribution in [3.05, 3.63) is 108 Å². The van der Waals surface area contributed by atoms with Crippen molar-refractivity contribution in [3.63, 3.8) is 0 Å². The number of hydrogen-bond donors (Lipinski definition) is 3. The van der Waals surface area contributed by atoms with Crippen molar-refractivity contribution in [2.75, 3.05) is 5.32 Å². The van der Waals surface area contributed by atoms with Gasteiger partial charge in [-0.2, -0.15) is 0 Å². The minimum absolute atomic E-state index is 0.0547. The number of carboxylic acids is 1. The van der Waals surface area contributed by atoms with Crippen LogP contribution in [0, 0.1) is 0 Å². The van der Waals surface area contributed by atoms with Gasteiger partial charge in [0, 0.05) is 18.7 Å². The molecule has 0 aliphatic heterocycles. The number of rotatable bonds is 11. The number of anilines is 1. The fourth-order valence-electron chi connectivity index (χ4n) is 4.28. The lowest BCUT2D eigenvalue weighted by Crippen LogP contribution is -2.21. The van der Waals surface area contributed by atoms with E-state index in [1.165, 1.54) is 0 Å². The molecule has 2 unspecified atom stereocenters. The topological polar surface area (TPSA) is 95.5 Å². The molecule has 4 rings (SSSR count). The highest BCUT2D eigenvalue weighted by molar-refractivity contribution is 7.83. The number of carboxylic acid groups (broad SMARTS) is 1. The number of amides is 1. The average molecular weight is 515 g/mol. The molecule has 0 fully saturated rings. The quantitative estimate of drug-likeness (QED) is 0.236. The van der Waals surface area contributed by atoms with Crippen LogP contribution in [-0.4, -0.2) is 21.2 Å². The number of aryl methyl sites for hydroxylation is 1. The van der Waals surface area contributed by atoms with Crippen molar-refractivity contribution < 1.29 is 18.9 Å². The minimum atomic E-state index is -1.37. The summed E-state index contributed by atoms with van der Waals surface area (Å²) in [5, 5.41) is 14.2. The Hall–Kier alpha value is -3.81. The van der Waals surface area contributed by atoms with Crippen molar-refractivity contribution in [1.82, 2.24) is 4.72 Å². The Morgan fingerprint density at radius 2 is 1.65 bits per heavy atom. The van der Waals surface area contributed by atoms with E-state index in [9.17, 15) is 13.8 Å². The molecule has 4 aromatic rings. The van der Waals surface area contributed by atoms with Gasteiger partial charge in [0.15, 0.2) is 0 Å². The first kappa shape index (κ1) is 26.3. The fraction of sp³-hybridized carbons (Fsp3) is 0.200. The van der Waals surface area contributed by atoms with Gasteiger partial charge in [-0.15, -0.1) is 0 Å². The van der Waals surface area contributed by atoms with E-state index in [0.717, 1.165) is 27.5 Å². The smallest absolute Gasteiger partial charge is 0.303 e. The van der Waals surface area contributed by atoms with Crippen molar-refractivity contribution in [1.29, 1.82) is 0 Å². The van der Waals surface area contributed by atoms with Gasteiger partial charge in [0.05, 0.1) is 10.8 Å². The molecular weight excluding hydrogens is 484 g/mol. The van der Waals surface area contributed by atoms with Gasteiger partial charge in [-0.25, -0.2) is 8.93 Å². The van der Waals surface area contributed by atoms with Crippen molar-refractivity contribution in [2.45, 2.75) is 43.5 Å². The number of fused-ring (bicyclic) bond motifs is 1. The normalized spacial score (nSPS) is 12.7. The van der Waals surface area contributed by atoms with Crippen LogP contribution in [0.3, 0.4) is 0 Å². The number of carbonyl (C=O) groups excluding carboxylic acids is 1. The Balaban J connectivity index is 1.54. The molecule has 4 aromatic carbocycles. The Labute approximate surface area is 219 Å². The van der Waals surface area contributed by atoms with Crippen LogP contribution in [-0.2, 0) is 33.5 Å². The first-order valence-corrected chi connectivity index (χ1v) is 13.4. The number of carbonyl (C=O) groups is 2. The zero-order valence-corrected chi connectivity index (χ0v) is 21.5. The zero-order valence-electron chi connectivity index (χ0n) is 20.6. The molecule has 0 heterocycles. The van der Waals surface area contributed by atoms with Gasteiger partial charge in [0.1, 0.15) is 11.0 Å². The molecule has 0 saturated carbocycles. The van der Waals surface area contributed by atoms with E-state index in [0.29, 0.717) is 30.0 Å². The van der Waals surface area contributed by atoms with Gasteiger partial charge < -0.3 is 10.4 Å². The maximum absolute atomic E-state index is 13.4. The minimum Gasteiger partial charge on any atom is -0.481 e. The lowest BCUT2D eigenvalue weighted by molar-refractivity contribution is -0.137. The lowest BCUT2D eigenvalue weighted by atomic mass is 9.94. The summed E-state index contributed by atoms with van der Waals surface area (Å²) in [6, 6.07) is 28.8. The highest BCUT2D eigenvalue weighted by Crippen LogP contribution is 2.28. The molecular formula is C30H30N2O4S. The standard InChI is InChI=1S/C30H30N2O4S/c1-21(26-15-7-10-23-9-5-6-14-27(23)26)30(35)32-28-19-22(17-18-24(28)11-8-16-29(33)34)20-31-37(36)25-12-3-2-4-13-25/h2-7,9-10,12-15,17-19,21,31H,8,11,16,20H2,1H3,(H,32,35)(H,33,34). The van der Waals surface area contributed by atoms with Crippen molar-refractivity contribution in [3.8, 4) is 0 Å². The van der Waals surface area contributed by atoms with Gasteiger partial charge in [-0.05, 0) is 65.4 Å². The van der Waals surface area contributed by atoms with Crippen LogP contribution in [0.2, 0.25) is 0 Å². The zero-order chi connectivity index (χ0) is 26.2. The molecule has 0 bridgehead atoms. The summed E-state index contributed by atoms with van der Waals surface area (Å²) in [6.45, 7) is 2.23. The summed E-state index contributed by atoms with van der Waals surface area (Å²) in [7, 11) is -1.37. The maximum atomic E-state index is 13.4. The van der Waals surface area contributed by atoms with Crippen molar-refractivity contribution in [2.24, 2.45) is 0 Å². The third-order valence-electron chi connectivity index (χ3n) is 6.32. The Morgan fingerprint density at radius 3 is 2.43 bits per heavy atom. The molecule has 0 spiro atoms. The molecule has 6 nitrogen and oxygen atoms in total. The predicted molar refractivity (Wildman–Crippen MR) is 148 cm³/mol. The molecule has 0 aromatic heterocycles. The summed E-state index contributed by atoms with van der Waals surface area (Å²) >= 11 is 0. The number of nitrogens with one attached hydrogen (secondary N) is 2. The highest BCUT2D eigenvalue weighted by Gasteiger charge is 2.19. The van der Waals surface area contributed by atoms with Crippen LogP contribution in [0.15, 0.2) is 95.9 Å². The third-order valence-corrected chi connectivity index (χ3v) is 7.42. The van der Waals surface area contributed by atoms with Gasteiger partial charge in [-0.1, -0.05) is 72.8 Å². The summed E-state index contributed by atoms with van der Waals surface area (Å²) in [5.41, 5.74) is 3.32. The predicted octanol–water partition coefficient (Wildman–Crippen LogP) is 5.80. The molecule has 0 aliphatic carbocycles. The van der Waals surface area contributed by atoms with Crippen LogP contribution in [0.4, 0.5) is 5.69 Å². The first-order chi connectivity index (χ1) is 17.9. The van der Waals surface area contributed by atoms with Crippen molar-refractivity contribution >= 4 is 39.3 Å². The van der Waals surface area contributed by atoms with E-state index in [4.69, 9.17) is 5.11 Å². The van der Waals surface area contributed by atoms with Crippen LogP contribution in [0.25, 0.3) is 10.8 Å². The van der Waals surface area contributed by atoms with E-state index in [1.54, 1.807) is 12.1 Å². The fourth-order valence-corrected chi connectivity index (χ4v) is 5.15. The van der Waals surface area contributed by atoms with Gasteiger partial charge in [-0.3, -0.25) is 9.59 Å². The molecule has 3 N–H and O–H groups in total. The summed E-state index contributed by atoms with van der Waals surface area (Å²) in [6.07, 6.45) is 1.04. The second-order valence-corrected chi connectivity index (χ2v) is 10.2. The van der Waals surface area contributed by atoms with Crippen LogP contribution in [0.5, 0.6) is 0 Å². The Morgan fingerprint density at radius 1 is 0.919 bits per heavy atom. The van der Waals surface area contributed by atoms with E-state index >= 15 is 0 Å². The van der Waals surface area contributed by atoms with E-state index in [1.807, 2.05) is 85.8 Å². The van der Waals surface area contributed by atoms with E-state index in [-0.39, 0.29) is 12.3 Å². The van der Waals surface area contributed by atoms with Gasteiger partial charge in [0.25, 0.3) is 0 Å². The third kappa shape index (κ3) is 6.90. The number of hydrogen-bond acceptors (Lipinski definition) is 3. The summed E-state index contributed by atoms with van der Waals surface area (Å²) < 4.78 is 15.6. The highest BCUT2D eigenvalue weighted by atomic mass is 32.2. The van der Waals surface area contributed by atoms with Crippen LogP contribution >= 0.6 is 0 Å². The summed E-state index contributed by atoms with van der Waals surface area (Å²) in [5.74, 6) is -1.39. The first-order valence-electron chi connectivity index (χ1n) is 12.2. The second-order valence-electron chi connectivity index (χ2n) is 8.92. The van der Waals surface area contributed by atoms with Gasteiger partial charge in [0.2, 0.25) is 5.91 Å². The van der Waals surface area contributed by atoms with Gasteiger partial charge >= 0.3 is 5.97 Å². The molecule has 2 atom stereocenters. The van der Waals surface area contributed by atoms with Crippen LogP contribution in [0.1, 0.15) is 42.4 Å². The SMILES string of the molecule is CC(C(=O)Nc1cc(CNS(=O)c2ccccc2)ccc1CCCC(=O)O)c1cccc2ccccc12. The number of benzene rings is 4. The molecule has 37 heavy (non-hydrogen) atoms. The average Bonchev–Trinajstić information content (AvgIpc) is 2.92. The molecule has 1 amide bonds. The second kappa shape index (κ2) is 12.4. The molecule has 0 aliphatic rings. The maximum Gasteiger partial charge on any atom is 0.303 e. The molecule has 190 valence electrons. The van der Waals surface area contributed by atoms with E-state index in [2.05, 4.69) is 10.0 Å². The van der Waals surface area contributed by atoms with Crippen LogP contribution < -0.4 is 10.0 Å². The monoisotopic (exact) mass is 514 g/mol. The largest absolute Gasteiger partial charge is 0.481 e. The Bertz CT molecular complexity index is 1420. The molecule has 7 heteroatoms. The molecule has 0 saturated heterocycles. The molecule has 0 radical (unpaired) electrons. The Kier molecular flexibility index (Phi) is 8.82. The summed E-state index contributed by atoms with van der Waals surface area (Å²) in [4.78, 5) is 25.1. The lowest BCUT2D eigenvalue weighted by Gasteiger charge is -2.18. The van der Waals surface area contributed by atoms with E-state index < -0.39 is 22.9 Å². The number of aliphatic carboxylic acids is 1.